The first-order valence-electron chi connectivity index (χ1n) is 13.6. The molecular formula is C36H28F2N2. The molecule has 2 heterocycles. The van der Waals surface area contributed by atoms with Crippen molar-refractivity contribution in [3.8, 4) is 0 Å². The third kappa shape index (κ3) is 3.52. The standard InChI is InChI=1S/C36H28F2N2/c1-3-21-39-29-11-7-5-9-27(29)33-32(24-15-19-26(38)20-16-24)36-34(28-10-6-8-12-30(28)40(36)22-4-2)31(35(33)39)23-13-17-25(37)18-14-23/h3-20,31-32H,1-2,21-22H2. The second-order valence-corrected chi connectivity index (χ2v) is 10.4. The summed E-state index contributed by atoms with van der Waals surface area (Å²) in [7, 11) is 0. The van der Waals surface area contributed by atoms with E-state index in [1.54, 1.807) is 24.3 Å². The maximum absolute atomic E-state index is 14.2. The van der Waals surface area contributed by atoms with Gasteiger partial charge in [0.2, 0.25) is 0 Å². The quantitative estimate of drug-likeness (QED) is 0.192. The van der Waals surface area contributed by atoms with Gasteiger partial charge >= 0.3 is 0 Å². The highest BCUT2D eigenvalue weighted by molar-refractivity contribution is 5.94. The molecule has 6 aromatic rings. The van der Waals surface area contributed by atoms with Crippen LogP contribution in [-0.4, -0.2) is 9.13 Å². The summed E-state index contributed by atoms with van der Waals surface area (Å²) in [4.78, 5) is 0. The van der Waals surface area contributed by atoms with Crippen LogP contribution in [0.1, 0.15) is 45.5 Å². The van der Waals surface area contributed by atoms with Crippen LogP contribution in [0.4, 0.5) is 8.78 Å². The normalized spacial score (nSPS) is 16.1. The zero-order valence-corrected chi connectivity index (χ0v) is 22.0. The van der Waals surface area contributed by atoms with Crippen molar-refractivity contribution in [2.24, 2.45) is 0 Å². The van der Waals surface area contributed by atoms with E-state index in [1.807, 2.05) is 36.4 Å². The minimum absolute atomic E-state index is 0.148. The van der Waals surface area contributed by atoms with E-state index in [0.717, 1.165) is 44.3 Å². The first kappa shape index (κ1) is 24.3. The van der Waals surface area contributed by atoms with Crippen molar-refractivity contribution in [3.05, 3.63) is 168 Å². The molecule has 0 saturated carbocycles. The Labute approximate surface area is 232 Å². The van der Waals surface area contributed by atoms with Crippen LogP contribution in [-0.2, 0) is 13.1 Å². The van der Waals surface area contributed by atoms with Gasteiger partial charge in [-0.25, -0.2) is 8.78 Å². The van der Waals surface area contributed by atoms with Crippen LogP contribution < -0.4 is 0 Å². The summed E-state index contributed by atoms with van der Waals surface area (Å²) in [6, 6.07) is 30.7. The first-order valence-corrected chi connectivity index (χ1v) is 13.6. The van der Waals surface area contributed by atoms with Crippen molar-refractivity contribution >= 4 is 21.8 Å². The molecule has 196 valence electrons. The number of hydrogen-bond donors (Lipinski definition) is 0. The van der Waals surface area contributed by atoms with E-state index in [9.17, 15) is 8.78 Å². The Balaban J connectivity index is 1.70. The lowest BCUT2D eigenvalue weighted by Gasteiger charge is -2.34. The molecule has 2 aromatic heterocycles. The summed E-state index contributed by atoms with van der Waals surface area (Å²) in [5.74, 6) is -0.814. The van der Waals surface area contributed by atoms with Gasteiger partial charge in [0.25, 0.3) is 0 Å². The molecule has 0 spiro atoms. The second-order valence-electron chi connectivity index (χ2n) is 10.4. The first-order chi connectivity index (χ1) is 19.6. The lowest BCUT2D eigenvalue weighted by Crippen LogP contribution is -2.23. The number of rotatable bonds is 6. The van der Waals surface area contributed by atoms with Crippen LogP contribution in [0.3, 0.4) is 0 Å². The maximum Gasteiger partial charge on any atom is 0.123 e. The fourth-order valence-corrected chi connectivity index (χ4v) is 6.81. The van der Waals surface area contributed by atoms with Gasteiger partial charge in [-0.05, 0) is 58.7 Å². The van der Waals surface area contributed by atoms with Crippen LogP contribution in [0.5, 0.6) is 0 Å². The maximum atomic E-state index is 14.2. The predicted octanol–water partition coefficient (Wildman–Crippen LogP) is 8.92. The van der Waals surface area contributed by atoms with Crippen molar-refractivity contribution in [3.63, 3.8) is 0 Å². The van der Waals surface area contributed by atoms with E-state index < -0.39 is 0 Å². The molecule has 4 heteroatoms. The average molecular weight is 527 g/mol. The molecule has 2 nitrogen and oxygen atoms in total. The van der Waals surface area contributed by atoms with Crippen LogP contribution in [0, 0.1) is 11.6 Å². The Bertz CT molecular complexity index is 1760. The van der Waals surface area contributed by atoms with E-state index in [-0.39, 0.29) is 23.5 Å². The largest absolute Gasteiger partial charge is 0.339 e. The Kier molecular flexibility index (Phi) is 5.78. The van der Waals surface area contributed by atoms with Crippen LogP contribution in [0.25, 0.3) is 21.8 Å². The summed E-state index contributed by atoms with van der Waals surface area (Å²) in [5, 5.41) is 2.31. The van der Waals surface area contributed by atoms with Crippen LogP contribution >= 0.6 is 0 Å². The van der Waals surface area contributed by atoms with Crippen molar-refractivity contribution in [1.29, 1.82) is 0 Å². The Morgan fingerprint density at radius 2 is 0.925 bits per heavy atom. The van der Waals surface area contributed by atoms with Crippen molar-refractivity contribution < 1.29 is 8.78 Å². The Morgan fingerprint density at radius 1 is 0.550 bits per heavy atom. The number of halogens is 2. The highest BCUT2D eigenvalue weighted by Gasteiger charge is 2.42. The van der Waals surface area contributed by atoms with Crippen molar-refractivity contribution in [1.82, 2.24) is 9.13 Å². The molecule has 0 saturated heterocycles. The van der Waals surface area contributed by atoms with Gasteiger partial charge in [-0.2, -0.15) is 0 Å². The van der Waals surface area contributed by atoms with Crippen LogP contribution in [0.15, 0.2) is 122 Å². The van der Waals surface area contributed by atoms with E-state index in [1.165, 1.54) is 11.1 Å². The molecule has 4 aromatic carbocycles. The van der Waals surface area contributed by atoms with Gasteiger partial charge < -0.3 is 9.13 Å². The smallest absolute Gasteiger partial charge is 0.123 e. The highest BCUT2D eigenvalue weighted by atomic mass is 19.1. The molecule has 2 unspecified atom stereocenters. The molecule has 2 atom stereocenters. The molecule has 1 aliphatic rings. The number of nitrogens with zero attached hydrogens (tertiary/aromatic N) is 2. The third-order valence-corrected chi connectivity index (χ3v) is 8.26. The summed E-state index contributed by atoms with van der Waals surface area (Å²) in [6.45, 7) is 9.42. The topological polar surface area (TPSA) is 9.86 Å². The second kappa shape index (κ2) is 9.49. The lowest BCUT2D eigenvalue weighted by molar-refractivity contribution is 0.623. The molecule has 7 rings (SSSR count). The van der Waals surface area contributed by atoms with Gasteiger partial charge in [0, 0.05) is 46.3 Å². The predicted molar refractivity (Wildman–Crippen MR) is 159 cm³/mol. The number of fused-ring (bicyclic) bond motifs is 6. The summed E-state index contributed by atoms with van der Waals surface area (Å²) >= 11 is 0. The lowest BCUT2D eigenvalue weighted by atomic mass is 9.72. The summed E-state index contributed by atoms with van der Waals surface area (Å²) in [6.07, 6.45) is 3.86. The van der Waals surface area contributed by atoms with E-state index in [0.29, 0.717) is 13.1 Å². The zero-order chi connectivity index (χ0) is 27.4. The molecule has 0 N–H and O–H groups in total. The highest BCUT2D eigenvalue weighted by Crippen LogP contribution is 2.55. The van der Waals surface area contributed by atoms with Gasteiger partial charge in [-0.15, -0.1) is 13.2 Å². The third-order valence-electron chi connectivity index (χ3n) is 8.26. The van der Waals surface area contributed by atoms with Crippen molar-refractivity contribution in [2.75, 3.05) is 0 Å². The monoisotopic (exact) mass is 526 g/mol. The Hall–Kier alpha value is -4.70. The summed E-state index contributed by atoms with van der Waals surface area (Å²) < 4.78 is 33.1. The summed E-state index contributed by atoms with van der Waals surface area (Å²) in [5.41, 5.74) is 9.00. The van der Waals surface area contributed by atoms with Crippen molar-refractivity contribution in [2.45, 2.75) is 24.9 Å². The zero-order valence-electron chi connectivity index (χ0n) is 22.0. The molecule has 0 amide bonds. The molecule has 0 fully saturated rings. The fraction of sp³-hybridized carbons (Fsp3) is 0.111. The molecule has 0 radical (unpaired) electrons. The van der Waals surface area contributed by atoms with Crippen LogP contribution in [0.2, 0.25) is 0 Å². The van der Waals surface area contributed by atoms with Gasteiger partial charge in [0.05, 0.1) is 11.8 Å². The number of allylic oxidation sites excluding steroid dienone is 2. The van der Waals surface area contributed by atoms with E-state index in [2.05, 4.69) is 70.8 Å². The molecule has 0 bridgehead atoms. The van der Waals surface area contributed by atoms with Gasteiger partial charge in [-0.3, -0.25) is 0 Å². The Morgan fingerprint density at radius 3 is 1.30 bits per heavy atom. The van der Waals surface area contributed by atoms with E-state index in [4.69, 9.17) is 0 Å². The number of benzene rings is 4. The molecule has 0 aliphatic heterocycles. The molecule has 40 heavy (non-hydrogen) atoms. The number of aromatic nitrogens is 2. The fourth-order valence-electron chi connectivity index (χ4n) is 6.81. The van der Waals surface area contributed by atoms with Gasteiger partial charge in [0.1, 0.15) is 11.6 Å². The number of hydrogen-bond acceptors (Lipinski definition) is 0. The molecular weight excluding hydrogens is 498 g/mol. The van der Waals surface area contributed by atoms with Gasteiger partial charge in [0.15, 0.2) is 0 Å². The SMILES string of the molecule is C=CCn1c2c(c3ccccc31)C(c1ccc(F)cc1)c1c(c3ccccc3n1CC=C)C2c1ccc(F)cc1. The minimum atomic E-state index is -0.259. The van der Waals surface area contributed by atoms with E-state index >= 15 is 0 Å². The molecule has 1 aliphatic carbocycles. The minimum Gasteiger partial charge on any atom is -0.339 e. The number of para-hydroxylation sites is 2. The average Bonchev–Trinajstić information content (AvgIpc) is 3.47. The van der Waals surface area contributed by atoms with Gasteiger partial charge in [-0.1, -0.05) is 72.8 Å².